The molecule has 0 bridgehead atoms. The first-order chi connectivity index (χ1) is 13.9. The molecular formula is C20H16N4O4S. The third-order valence-corrected chi connectivity index (χ3v) is 5.43. The highest BCUT2D eigenvalue weighted by molar-refractivity contribution is 7.14. The van der Waals surface area contributed by atoms with Gasteiger partial charge in [-0.1, -0.05) is 6.07 Å². The maximum atomic E-state index is 12.5. The van der Waals surface area contributed by atoms with Crippen LogP contribution in [0, 0.1) is 17.0 Å². The number of nitrogens with zero attached hydrogens (tertiary/aromatic N) is 2. The molecule has 1 aliphatic heterocycles. The summed E-state index contributed by atoms with van der Waals surface area (Å²) in [5.41, 5.74) is 4.23. The summed E-state index contributed by atoms with van der Waals surface area (Å²) in [6.45, 7) is 1.59. The standard InChI is InChI=1S/C20H16N4O4S/c1-11-8-14(3-6-17(11)24(27)28)19(26)23-20-22-16(10-29-20)13-2-5-15-12(9-13)4-7-18(25)21-15/h2-3,5-6,8-10H,4,7H2,1H3,(H,21,25)(H,22,23,26). The van der Waals surface area contributed by atoms with Gasteiger partial charge in [0, 0.05) is 40.2 Å². The van der Waals surface area contributed by atoms with E-state index in [0.717, 1.165) is 22.5 Å². The minimum absolute atomic E-state index is 0.0189. The van der Waals surface area contributed by atoms with Crippen molar-refractivity contribution in [1.29, 1.82) is 0 Å². The number of carbonyl (C=O) groups excluding carboxylic acids is 2. The lowest BCUT2D eigenvalue weighted by atomic mass is 9.99. The highest BCUT2D eigenvalue weighted by Crippen LogP contribution is 2.31. The van der Waals surface area contributed by atoms with Gasteiger partial charge in [-0.25, -0.2) is 4.98 Å². The Bertz CT molecular complexity index is 1160. The first kappa shape index (κ1) is 18.8. The van der Waals surface area contributed by atoms with E-state index in [9.17, 15) is 19.7 Å². The molecule has 2 amide bonds. The SMILES string of the molecule is Cc1cc(C(=O)Nc2nc(-c3ccc4c(c3)CCC(=O)N4)cs2)ccc1[N+](=O)[O-]. The zero-order valence-corrected chi connectivity index (χ0v) is 16.2. The Morgan fingerprint density at radius 2 is 2.07 bits per heavy atom. The third kappa shape index (κ3) is 3.85. The second-order valence-electron chi connectivity index (χ2n) is 6.67. The average Bonchev–Trinajstić information content (AvgIpc) is 3.15. The number of nitro benzene ring substituents is 1. The largest absolute Gasteiger partial charge is 0.326 e. The predicted octanol–water partition coefficient (Wildman–Crippen LogP) is 4.16. The fourth-order valence-corrected chi connectivity index (χ4v) is 3.89. The number of hydrogen-bond donors (Lipinski definition) is 2. The fraction of sp³-hybridized carbons (Fsp3) is 0.150. The van der Waals surface area contributed by atoms with E-state index < -0.39 is 4.92 Å². The number of nitro groups is 1. The van der Waals surface area contributed by atoms with Crippen LogP contribution in [-0.4, -0.2) is 21.7 Å². The van der Waals surface area contributed by atoms with E-state index in [1.54, 1.807) is 6.92 Å². The van der Waals surface area contributed by atoms with Crippen molar-refractivity contribution in [3.8, 4) is 11.3 Å². The summed E-state index contributed by atoms with van der Waals surface area (Å²) in [6.07, 6.45) is 1.14. The number of amides is 2. The molecule has 3 aromatic rings. The number of benzene rings is 2. The monoisotopic (exact) mass is 408 g/mol. The summed E-state index contributed by atoms with van der Waals surface area (Å²) in [4.78, 5) is 38.8. The second kappa shape index (κ2) is 7.44. The van der Waals surface area contributed by atoms with Crippen LogP contribution in [0.1, 0.15) is 27.9 Å². The van der Waals surface area contributed by atoms with Gasteiger partial charge in [-0.15, -0.1) is 11.3 Å². The summed E-state index contributed by atoms with van der Waals surface area (Å²) >= 11 is 1.30. The Balaban J connectivity index is 1.51. The van der Waals surface area contributed by atoms with Crippen LogP contribution < -0.4 is 10.6 Å². The zero-order valence-electron chi connectivity index (χ0n) is 15.4. The number of aromatic nitrogens is 1. The quantitative estimate of drug-likeness (QED) is 0.497. The average molecular weight is 408 g/mol. The van der Waals surface area contributed by atoms with Crippen LogP contribution in [0.25, 0.3) is 11.3 Å². The van der Waals surface area contributed by atoms with Crippen LogP contribution in [0.15, 0.2) is 41.8 Å². The Labute approximate surface area is 169 Å². The molecule has 146 valence electrons. The smallest absolute Gasteiger partial charge is 0.272 e. The number of aryl methyl sites for hydroxylation is 2. The van der Waals surface area contributed by atoms with Crippen LogP contribution in [0.2, 0.25) is 0 Å². The Hall–Kier alpha value is -3.59. The van der Waals surface area contributed by atoms with E-state index in [1.807, 2.05) is 23.6 Å². The second-order valence-corrected chi connectivity index (χ2v) is 7.53. The van der Waals surface area contributed by atoms with E-state index in [0.29, 0.717) is 29.1 Å². The number of rotatable bonds is 4. The van der Waals surface area contributed by atoms with E-state index in [1.165, 1.54) is 29.5 Å². The number of anilines is 2. The van der Waals surface area contributed by atoms with Gasteiger partial charge in [0.05, 0.1) is 10.6 Å². The molecule has 0 saturated carbocycles. The minimum atomic E-state index is -0.478. The van der Waals surface area contributed by atoms with Crippen molar-refractivity contribution in [3.63, 3.8) is 0 Å². The van der Waals surface area contributed by atoms with Gasteiger partial charge in [0.15, 0.2) is 5.13 Å². The molecule has 8 nitrogen and oxygen atoms in total. The lowest BCUT2D eigenvalue weighted by molar-refractivity contribution is -0.385. The molecule has 0 saturated heterocycles. The summed E-state index contributed by atoms with van der Waals surface area (Å²) < 4.78 is 0. The van der Waals surface area contributed by atoms with Gasteiger partial charge >= 0.3 is 0 Å². The van der Waals surface area contributed by atoms with Gasteiger partial charge in [0.2, 0.25) is 5.91 Å². The molecule has 4 rings (SSSR count). The normalized spacial score (nSPS) is 12.8. The summed E-state index contributed by atoms with van der Waals surface area (Å²) in [6, 6.07) is 9.97. The maximum absolute atomic E-state index is 12.5. The summed E-state index contributed by atoms with van der Waals surface area (Å²) in [5, 5.41) is 18.8. The summed E-state index contributed by atoms with van der Waals surface area (Å²) in [5.74, 6) is -0.359. The van der Waals surface area contributed by atoms with E-state index in [2.05, 4.69) is 15.6 Å². The molecule has 1 aliphatic rings. The molecule has 0 unspecified atom stereocenters. The topological polar surface area (TPSA) is 114 Å². The first-order valence-corrected chi connectivity index (χ1v) is 9.74. The van der Waals surface area contributed by atoms with Gasteiger partial charge in [0.1, 0.15) is 0 Å². The van der Waals surface area contributed by atoms with Crippen molar-refractivity contribution in [2.75, 3.05) is 10.6 Å². The molecule has 1 aromatic heterocycles. The van der Waals surface area contributed by atoms with Crippen molar-refractivity contribution in [2.45, 2.75) is 19.8 Å². The zero-order chi connectivity index (χ0) is 20.5. The minimum Gasteiger partial charge on any atom is -0.326 e. The number of thiazole rings is 1. The van der Waals surface area contributed by atoms with E-state index in [-0.39, 0.29) is 17.5 Å². The van der Waals surface area contributed by atoms with Crippen molar-refractivity contribution < 1.29 is 14.5 Å². The van der Waals surface area contributed by atoms with Gasteiger partial charge in [0.25, 0.3) is 11.6 Å². The van der Waals surface area contributed by atoms with Crippen LogP contribution in [0.4, 0.5) is 16.5 Å². The van der Waals surface area contributed by atoms with E-state index in [4.69, 9.17) is 0 Å². The molecule has 2 N–H and O–H groups in total. The van der Waals surface area contributed by atoms with Crippen molar-refractivity contribution >= 4 is 39.7 Å². The van der Waals surface area contributed by atoms with Gasteiger partial charge in [-0.2, -0.15) is 0 Å². The molecule has 2 heterocycles. The van der Waals surface area contributed by atoms with Crippen LogP contribution in [0.3, 0.4) is 0 Å². The van der Waals surface area contributed by atoms with Crippen LogP contribution in [-0.2, 0) is 11.2 Å². The number of carbonyl (C=O) groups is 2. The van der Waals surface area contributed by atoms with Crippen molar-refractivity contribution in [2.24, 2.45) is 0 Å². The molecule has 2 aromatic carbocycles. The van der Waals surface area contributed by atoms with Crippen LogP contribution >= 0.6 is 11.3 Å². The summed E-state index contributed by atoms with van der Waals surface area (Å²) in [7, 11) is 0. The highest BCUT2D eigenvalue weighted by atomic mass is 32.1. The molecule has 0 spiro atoms. The number of hydrogen-bond acceptors (Lipinski definition) is 6. The molecule has 9 heteroatoms. The highest BCUT2D eigenvalue weighted by Gasteiger charge is 2.17. The van der Waals surface area contributed by atoms with E-state index >= 15 is 0 Å². The van der Waals surface area contributed by atoms with Gasteiger partial charge < -0.3 is 5.32 Å². The van der Waals surface area contributed by atoms with Gasteiger partial charge in [-0.05, 0) is 43.2 Å². The molecule has 0 atom stereocenters. The number of fused-ring (bicyclic) bond motifs is 1. The number of nitrogens with one attached hydrogen (secondary N) is 2. The lowest BCUT2D eigenvalue weighted by Crippen LogP contribution is -2.18. The predicted molar refractivity (Wildman–Crippen MR) is 110 cm³/mol. The first-order valence-electron chi connectivity index (χ1n) is 8.86. The molecule has 0 fully saturated rings. The Morgan fingerprint density at radius 3 is 2.83 bits per heavy atom. The van der Waals surface area contributed by atoms with Crippen molar-refractivity contribution in [3.05, 3.63) is 68.6 Å². The third-order valence-electron chi connectivity index (χ3n) is 4.68. The lowest BCUT2D eigenvalue weighted by Gasteiger charge is -2.17. The maximum Gasteiger partial charge on any atom is 0.272 e. The fourth-order valence-electron chi connectivity index (χ4n) is 3.18. The van der Waals surface area contributed by atoms with Crippen LogP contribution in [0.5, 0.6) is 0 Å². The van der Waals surface area contributed by atoms with Crippen molar-refractivity contribution in [1.82, 2.24) is 4.98 Å². The molecule has 0 aliphatic carbocycles. The Kier molecular flexibility index (Phi) is 4.81. The molecule has 0 radical (unpaired) electrons. The Morgan fingerprint density at radius 1 is 1.24 bits per heavy atom. The van der Waals surface area contributed by atoms with Gasteiger partial charge in [-0.3, -0.25) is 25.0 Å². The molecular weight excluding hydrogens is 392 g/mol. The molecule has 29 heavy (non-hydrogen) atoms.